The van der Waals surface area contributed by atoms with E-state index < -0.39 is 0 Å². The first-order valence-corrected chi connectivity index (χ1v) is 10.8. The van der Waals surface area contributed by atoms with Gasteiger partial charge in [-0.05, 0) is 31.6 Å². The number of fused-ring (bicyclic) bond motifs is 1. The fourth-order valence-corrected chi connectivity index (χ4v) is 4.30. The first kappa shape index (κ1) is 21.2. The molecule has 0 N–H and O–H groups in total. The number of hydrogen-bond acceptors (Lipinski definition) is 6. The van der Waals surface area contributed by atoms with Crippen LogP contribution in [0.4, 0.5) is 0 Å². The van der Waals surface area contributed by atoms with Crippen LogP contribution in [0.3, 0.4) is 0 Å². The zero-order chi connectivity index (χ0) is 21.8. The minimum Gasteiger partial charge on any atom is -0.496 e. The highest BCUT2D eigenvalue weighted by Crippen LogP contribution is 2.33. The third kappa shape index (κ3) is 4.37. The van der Waals surface area contributed by atoms with Crippen molar-refractivity contribution < 1.29 is 18.8 Å². The number of likely N-dealkylation sites (tertiary alicyclic amines) is 1. The minimum atomic E-state index is -0.0837. The number of ether oxygens (including phenoxy) is 2. The largest absolute Gasteiger partial charge is 0.496 e. The highest BCUT2D eigenvalue weighted by molar-refractivity contribution is 5.93. The molecule has 0 saturated carbocycles. The summed E-state index contributed by atoms with van der Waals surface area (Å²) in [4.78, 5) is 17.1. The van der Waals surface area contributed by atoms with Crippen molar-refractivity contribution in [2.75, 3.05) is 33.3 Å². The van der Waals surface area contributed by atoms with E-state index in [1.807, 2.05) is 41.3 Å². The number of aromatic nitrogens is 1. The topological polar surface area (TPSA) is 68.0 Å². The van der Waals surface area contributed by atoms with E-state index in [4.69, 9.17) is 14.0 Å². The van der Waals surface area contributed by atoms with Crippen LogP contribution in [0.25, 0.3) is 10.8 Å². The van der Waals surface area contributed by atoms with Crippen LogP contribution in [-0.2, 0) is 6.61 Å². The number of hydrogen-bond donors (Lipinski definition) is 0. The molecule has 1 saturated heterocycles. The van der Waals surface area contributed by atoms with Crippen LogP contribution in [0, 0.1) is 0 Å². The molecule has 2 heterocycles. The summed E-state index contributed by atoms with van der Waals surface area (Å²) in [5.41, 5.74) is 0.332. The molecule has 4 rings (SSSR count). The Hall–Kier alpha value is -3.06. The molecular weight excluding hydrogens is 394 g/mol. The Labute approximate surface area is 182 Å². The quantitative estimate of drug-likeness (QED) is 0.546. The minimum absolute atomic E-state index is 0.0837. The number of carbonyl (C=O) groups excluding carboxylic acids is 1. The van der Waals surface area contributed by atoms with Crippen LogP contribution in [0.5, 0.6) is 11.5 Å². The number of nitrogens with zero attached hydrogens (tertiary/aromatic N) is 3. The summed E-state index contributed by atoms with van der Waals surface area (Å²) in [6.45, 7) is 7.98. The Morgan fingerprint density at radius 2 is 1.87 bits per heavy atom. The van der Waals surface area contributed by atoms with Gasteiger partial charge in [0.2, 0.25) is 0 Å². The lowest BCUT2D eigenvalue weighted by atomic mass is 10.1. The molecule has 164 valence electrons. The SMILES string of the molecule is CCN(CC)C1CCN(C(=O)c2cc(COc3ccc(OC)c4ccccc34)on2)C1. The molecule has 2 aromatic carbocycles. The standard InChI is InChI=1S/C24H29N3O4/c1-4-26(5-2)17-12-13-27(15-17)24(28)21-14-18(31-25-21)16-30-23-11-10-22(29-3)19-8-6-7-9-20(19)23/h6-11,14,17H,4-5,12-13,15-16H2,1-3H3. The number of amides is 1. The summed E-state index contributed by atoms with van der Waals surface area (Å²) >= 11 is 0. The second-order valence-corrected chi connectivity index (χ2v) is 7.69. The second kappa shape index (κ2) is 9.39. The van der Waals surface area contributed by atoms with Crippen LogP contribution in [0.15, 0.2) is 47.0 Å². The molecule has 0 spiro atoms. The van der Waals surface area contributed by atoms with Gasteiger partial charge in [-0.2, -0.15) is 0 Å². The van der Waals surface area contributed by atoms with Gasteiger partial charge < -0.3 is 18.9 Å². The van der Waals surface area contributed by atoms with Crippen molar-refractivity contribution in [1.29, 1.82) is 0 Å². The van der Waals surface area contributed by atoms with E-state index in [0.717, 1.165) is 54.9 Å². The van der Waals surface area contributed by atoms with Gasteiger partial charge in [0.05, 0.1) is 7.11 Å². The molecule has 1 fully saturated rings. The molecule has 1 amide bonds. The fourth-order valence-electron chi connectivity index (χ4n) is 4.30. The van der Waals surface area contributed by atoms with Crippen molar-refractivity contribution in [1.82, 2.24) is 15.0 Å². The van der Waals surface area contributed by atoms with Crippen LogP contribution in [0.1, 0.15) is 36.5 Å². The van der Waals surface area contributed by atoms with Crippen LogP contribution >= 0.6 is 0 Å². The lowest BCUT2D eigenvalue weighted by Gasteiger charge is -2.25. The number of likely N-dealkylation sites (N-methyl/N-ethyl adjacent to an activating group) is 1. The highest BCUT2D eigenvalue weighted by Gasteiger charge is 2.31. The highest BCUT2D eigenvalue weighted by atomic mass is 16.5. The predicted octanol–water partition coefficient (Wildman–Crippen LogP) is 3.97. The molecule has 3 aromatic rings. The van der Waals surface area contributed by atoms with Crippen molar-refractivity contribution in [2.45, 2.75) is 32.9 Å². The summed E-state index contributed by atoms with van der Waals surface area (Å²) in [6, 6.07) is 13.8. The van der Waals surface area contributed by atoms with Crippen molar-refractivity contribution in [3.05, 3.63) is 53.9 Å². The van der Waals surface area contributed by atoms with Gasteiger partial charge in [-0.3, -0.25) is 9.69 Å². The zero-order valence-corrected chi connectivity index (χ0v) is 18.3. The van der Waals surface area contributed by atoms with E-state index in [1.165, 1.54) is 0 Å². The first-order chi connectivity index (χ1) is 15.1. The molecule has 0 radical (unpaired) electrons. The maximum absolute atomic E-state index is 12.9. The Morgan fingerprint density at radius 3 is 2.58 bits per heavy atom. The Kier molecular flexibility index (Phi) is 6.42. The smallest absolute Gasteiger partial charge is 0.276 e. The molecule has 7 heteroatoms. The molecule has 31 heavy (non-hydrogen) atoms. The van der Waals surface area contributed by atoms with Gasteiger partial charge in [0.15, 0.2) is 11.5 Å². The lowest BCUT2D eigenvalue weighted by Crippen LogP contribution is -2.38. The zero-order valence-electron chi connectivity index (χ0n) is 18.3. The maximum atomic E-state index is 12.9. The predicted molar refractivity (Wildman–Crippen MR) is 119 cm³/mol. The third-order valence-electron chi connectivity index (χ3n) is 5.99. The van der Waals surface area contributed by atoms with Gasteiger partial charge in [0.1, 0.15) is 18.1 Å². The van der Waals surface area contributed by atoms with E-state index >= 15 is 0 Å². The van der Waals surface area contributed by atoms with Gasteiger partial charge in [-0.1, -0.05) is 43.3 Å². The molecule has 1 unspecified atom stereocenters. The Morgan fingerprint density at radius 1 is 1.16 bits per heavy atom. The van der Waals surface area contributed by atoms with Crippen molar-refractivity contribution >= 4 is 16.7 Å². The summed E-state index contributed by atoms with van der Waals surface area (Å²) < 4.78 is 16.8. The van der Waals surface area contributed by atoms with Crippen LogP contribution < -0.4 is 9.47 Å². The second-order valence-electron chi connectivity index (χ2n) is 7.69. The molecule has 1 aromatic heterocycles. The third-order valence-corrected chi connectivity index (χ3v) is 5.99. The molecule has 0 aliphatic carbocycles. The lowest BCUT2D eigenvalue weighted by molar-refractivity contribution is 0.0767. The molecule has 1 aliphatic heterocycles. The number of rotatable bonds is 8. The number of methoxy groups -OCH3 is 1. The molecule has 1 aliphatic rings. The average molecular weight is 424 g/mol. The number of carbonyl (C=O) groups is 1. The van der Waals surface area contributed by atoms with Gasteiger partial charge in [0.25, 0.3) is 5.91 Å². The summed E-state index contributed by atoms with van der Waals surface area (Å²) in [5, 5.41) is 5.93. The van der Waals surface area contributed by atoms with E-state index in [1.54, 1.807) is 13.2 Å². The van der Waals surface area contributed by atoms with Crippen molar-refractivity contribution in [3.63, 3.8) is 0 Å². The maximum Gasteiger partial charge on any atom is 0.276 e. The van der Waals surface area contributed by atoms with Crippen LogP contribution in [0.2, 0.25) is 0 Å². The Balaban J connectivity index is 1.41. The van der Waals surface area contributed by atoms with Gasteiger partial charge in [0, 0.05) is 36.0 Å². The fraction of sp³-hybridized carbons (Fsp3) is 0.417. The van der Waals surface area contributed by atoms with Crippen LogP contribution in [-0.4, -0.2) is 60.2 Å². The van der Waals surface area contributed by atoms with E-state index in [9.17, 15) is 4.79 Å². The van der Waals surface area contributed by atoms with E-state index in [0.29, 0.717) is 17.5 Å². The van der Waals surface area contributed by atoms with Gasteiger partial charge >= 0.3 is 0 Å². The van der Waals surface area contributed by atoms with Gasteiger partial charge in [-0.15, -0.1) is 0 Å². The van der Waals surface area contributed by atoms with Crippen molar-refractivity contribution in [2.24, 2.45) is 0 Å². The van der Waals surface area contributed by atoms with E-state index in [2.05, 4.69) is 23.9 Å². The average Bonchev–Trinajstić information content (AvgIpc) is 3.48. The monoisotopic (exact) mass is 423 g/mol. The molecule has 0 bridgehead atoms. The van der Waals surface area contributed by atoms with Crippen molar-refractivity contribution in [3.8, 4) is 11.5 Å². The number of benzene rings is 2. The summed E-state index contributed by atoms with van der Waals surface area (Å²) in [7, 11) is 1.65. The summed E-state index contributed by atoms with van der Waals surface area (Å²) in [6.07, 6.45) is 0.992. The molecular formula is C24H29N3O4. The molecule has 7 nitrogen and oxygen atoms in total. The molecule has 1 atom stereocenters. The Bertz CT molecular complexity index is 1040. The summed E-state index contributed by atoms with van der Waals surface area (Å²) in [5.74, 6) is 1.95. The first-order valence-electron chi connectivity index (χ1n) is 10.8. The van der Waals surface area contributed by atoms with E-state index in [-0.39, 0.29) is 12.5 Å². The normalized spacial score (nSPS) is 16.3. The van der Waals surface area contributed by atoms with Gasteiger partial charge in [-0.25, -0.2) is 0 Å².